The zero-order chi connectivity index (χ0) is 25.7. The molecule has 1 aliphatic rings. The van der Waals surface area contributed by atoms with Crippen molar-refractivity contribution in [3.05, 3.63) is 65.4 Å². The summed E-state index contributed by atoms with van der Waals surface area (Å²) in [6.07, 6.45) is -1.65. The SMILES string of the molecule is Cc1ccc(NC(=O)c2cnc(C(F)(F)F)cn2)cc1-c1cc(OCCO)nc(C2CCOCC2)c1. The molecule has 190 valence electrons. The molecular weight excluding hydrogens is 477 g/mol. The maximum atomic E-state index is 12.7. The Kier molecular flexibility index (Phi) is 7.80. The number of rotatable bonds is 7. The van der Waals surface area contributed by atoms with Gasteiger partial charge < -0.3 is 19.9 Å². The van der Waals surface area contributed by atoms with E-state index >= 15 is 0 Å². The smallest absolute Gasteiger partial charge is 0.434 e. The molecule has 36 heavy (non-hydrogen) atoms. The lowest BCUT2D eigenvalue weighted by Gasteiger charge is -2.23. The number of pyridine rings is 1. The first kappa shape index (κ1) is 25.5. The van der Waals surface area contributed by atoms with Crippen LogP contribution in [0.5, 0.6) is 5.88 Å². The largest absolute Gasteiger partial charge is 0.475 e. The van der Waals surface area contributed by atoms with E-state index in [2.05, 4.69) is 20.3 Å². The average Bonchev–Trinajstić information content (AvgIpc) is 2.88. The molecule has 1 amide bonds. The fraction of sp³-hybridized carbons (Fsp3) is 0.360. The van der Waals surface area contributed by atoms with Gasteiger partial charge in [0, 0.05) is 36.6 Å². The van der Waals surface area contributed by atoms with Crippen molar-refractivity contribution in [1.29, 1.82) is 0 Å². The van der Waals surface area contributed by atoms with Crippen LogP contribution in [-0.4, -0.2) is 52.4 Å². The molecular formula is C25H25F3N4O4. The van der Waals surface area contributed by atoms with Crippen LogP contribution < -0.4 is 10.1 Å². The van der Waals surface area contributed by atoms with Crippen molar-refractivity contribution in [1.82, 2.24) is 15.0 Å². The predicted octanol–water partition coefficient (Wildman–Crippen LogP) is 4.38. The van der Waals surface area contributed by atoms with Crippen LogP contribution in [0, 0.1) is 6.92 Å². The van der Waals surface area contributed by atoms with Gasteiger partial charge in [-0.1, -0.05) is 6.07 Å². The summed E-state index contributed by atoms with van der Waals surface area (Å²) in [5.74, 6) is -0.0934. The van der Waals surface area contributed by atoms with Crippen LogP contribution in [0.2, 0.25) is 0 Å². The molecule has 3 aromatic rings. The standard InChI is InChI=1S/C25H25F3N4O4/c1-15-2-3-18(31-24(34)21-13-30-22(14-29-21)25(26,27)28)12-19(15)17-10-20(16-4-7-35-8-5-16)32-23(11-17)36-9-6-33/h2-3,10-14,16,33H,4-9H2,1H3,(H,31,34). The normalized spacial score (nSPS) is 14.5. The number of nitrogens with one attached hydrogen (secondary N) is 1. The van der Waals surface area contributed by atoms with E-state index in [0.717, 1.165) is 41.4 Å². The van der Waals surface area contributed by atoms with Crippen molar-refractivity contribution in [3.8, 4) is 17.0 Å². The predicted molar refractivity (Wildman–Crippen MR) is 125 cm³/mol. The molecule has 0 aliphatic carbocycles. The summed E-state index contributed by atoms with van der Waals surface area (Å²) in [5, 5.41) is 11.8. The number of nitrogens with zero attached hydrogens (tertiary/aromatic N) is 3. The minimum absolute atomic E-state index is 0.104. The van der Waals surface area contributed by atoms with E-state index in [0.29, 0.717) is 31.0 Å². The first-order valence-electron chi connectivity index (χ1n) is 11.4. The lowest BCUT2D eigenvalue weighted by Crippen LogP contribution is -2.16. The highest BCUT2D eigenvalue weighted by atomic mass is 19.4. The molecule has 0 spiro atoms. The average molecular weight is 502 g/mol. The van der Waals surface area contributed by atoms with Crippen LogP contribution >= 0.6 is 0 Å². The third kappa shape index (κ3) is 6.16. The zero-order valence-electron chi connectivity index (χ0n) is 19.5. The number of amides is 1. The Morgan fingerprint density at radius 1 is 1.17 bits per heavy atom. The summed E-state index contributed by atoms with van der Waals surface area (Å²) >= 11 is 0. The van der Waals surface area contributed by atoms with Crippen LogP contribution in [0.4, 0.5) is 18.9 Å². The molecule has 1 fully saturated rings. The summed E-state index contributed by atoms with van der Waals surface area (Å²) in [4.78, 5) is 24.1. The van der Waals surface area contributed by atoms with Crippen molar-refractivity contribution in [2.24, 2.45) is 0 Å². The van der Waals surface area contributed by atoms with Gasteiger partial charge in [-0.3, -0.25) is 4.79 Å². The van der Waals surface area contributed by atoms with Crippen LogP contribution in [0.15, 0.2) is 42.7 Å². The van der Waals surface area contributed by atoms with Gasteiger partial charge >= 0.3 is 6.18 Å². The fourth-order valence-electron chi connectivity index (χ4n) is 3.91. The van der Waals surface area contributed by atoms with Crippen LogP contribution in [-0.2, 0) is 10.9 Å². The Balaban J connectivity index is 1.61. The Hall–Kier alpha value is -3.57. The molecule has 0 radical (unpaired) electrons. The number of halogens is 3. The number of hydrogen-bond acceptors (Lipinski definition) is 7. The monoisotopic (exact) mass is 502 g/mol. The lowest BCUT2D eigenvalue weighted by molar-refractivity contribution is -0.141. The van der Waals surface area contributed by atoms with Crippen LogP contribution in [0.1, 0.15) is 46.2 Å². The second-order valence-electron chi connectivity index (χ2n) is 8.35. The number of aryl methyl sites for hydroxylation is 1. The summed E-state index contributed by atoms with van der Waals surface area (Å²) < 4.78 is 49.2. The van der Waals surface area contributed by atoms with Gasteiger partial charge in [-0.25, -0.2) is 15.0 Å². The van der Waals surface area contributed by atoms with E-state index in [1.165, 1.54) is 0 Å². The fourth-order valence-corrected chi connectivity index (χ4v) is 3.91. The number of alkyl halides is 3. The minimum atomic E-state index is -4.64. The minimum Gasteiger partial charge on any atom is -0.475 e. The Morgan fingerprint density at radius 3 is 2.61 bits per heavy atom. The van der Waals surface area contributed by atoms with E-state index in [-0.39, 0.29) is 24.8 Å². The number of anilines is 1. The Bertz CT molecular complexity index is 1210. The van der Waals surface area contributed by atoms with Gasteiger partial charge in [0.05, 0.1) is 19.0 Å². The molecule has 2 N–H and O–H groups in total. The molecule has 4 rings (SSSR count). The number of hydrogen-bond donors (Lipinski definition) is 2. The van der Waals surface area contributed by atoms with E-state index in [9.17, 15) is 23.1 Å². The zero-order valence-corrected chi connectivity index (χ0v) is 19.5. The van der Waals surface area contributed by atoms with E-state index in [1.54, 1.807) is 18.2 Å². The van der Waals surface area contributed by atoms with Crippen molar-refractivity contribution in [3.63, 3.8) is 0 Å². The van der Waals surface area contributed by atoms with E-state index in [1.807, 2.05) is 19.1 Å². The van der Waals surface area contributed by atoms with E-state index in [4.69, 9.17) is 9.47 Å². The summed E-state index contributed by atoms with van der Waals surface area (Å²) in [6, 6.07) is 9.04. The summed E-state index contributed by atoms with van der Waals surface area (Å²) in [6.45, 7) is 3.18. The van der Waals surface area contributed by atoms with Crippen LogP contribution in [0.3, 0.4) is 0 Å². The molecule has 0 unspecified atom stereocenters. The molecule has 8 nitrogen and oxygen atoms in total. The molecule has 0 atom stereocenters. The van der Waals surface area contributed by atoms with Gasteiger partial charge in [0.2, 0.25) is 5.88 Å². The second kappa shape index (κ2) is 11.0. The number of aliphatic hydroxyl groups is 1. The third-order valence-corrected chi connectivity index (χ3v) is 5.78. The number of aliphatic hydroxyl groups excluding tert-OH is 1. The molecule has 0 bridgehead atoms. The highest BCUT2D eigenvalue weighted by molar-refractivity contribution is 6.03. The topological polar surface area (TPSA) is 106 Å². The first-order chi connectivity index (χ1) is 17.2. The molecule has 1 aromatic carbocycles. The Morgan fingerprint density at radius 2 is 1.94 bits per heavy atom. The lowest BCUT2D eigenvalue weighted by atomic mass is 9.92. The third-order valence-electron chi connectivity index (χ3n) is 5.78. The van der Waals surface area contributed by atoms with Gasteiger partial charge in [0.1, 0.15) is 12.3 Å². The first-order valence-corrected chi connectivity index (χ1v) is 11.4. The Labute approximate surface area is 205 Å². The number of benzene rings is 1. The van der Waals surface area contributed by atoms with Crippen LogP contribution in [0.25, 0.3) is 11.1 Å². The molecule has 1 aliphatic heterocycles. The summed E-state index contributed by atoms with van der Waals surface area (Å²) in [5.41, 5.74) is 2.45. The van der Waals surface area contributed by atoms with Crippen molar-refractivity contribution in [2.45, 2.75) is 31.9 Å². The number of ether oxygens (including phenoxy) is 2. The number of aromatic nitrogens is 3. The summed E-state index contributed by atoms with van der Waals surface area (Å²) in [7, 11) is 0. The van der Waals surface area contributed by atoms with Gasteiger partial charge in [0.15, 0.2) is 5.69 Å². The maximum Gasteiger partial charge on any atom is 0.434 e. The van der Waals surface area contributed by atoms with E-state index < -0.39 is 17.8 Å². The van der Waals surface area contributed by atoms with Crippen molar-refractivity contribution < 1.29 is 32.5 Å². The highest BCUT2D eigenvalue weighted by Gasteiger charge is 2.33. The van der Waals surface area contributed by atoms with Crippen molar-refractivity contribution in [2.75, 3.05) is 31.7 Å². The van der Waals surface area contributed by atoms with Gasteiger partial charge in [-0.05, 0) is 54.7 Å². The second-order valence-corrected chi connectivity index (χ2v) is 8.35. The van der Waals surface area contributed by atoms with Gasteiger partial charge in [-0.2, -0.15) is 13.2 Å². The van der Waals surface area contributed by atoms with Gasteiger partial charge in [0.25, 0.3) is 5.91 Å². The molecule has 0 saturated carbocycles. The number of carbonyl (C=O) groups is 1. The van der Waals surface area contributed by atoms with Crippen molar-refractivity contribution >= 4 is 11.6 Å². The molecule has 11 heteroatoms. The van der Waals surface area contributed by atoms with Gasteiger partial charge in [-0.15, -0.1) is 0 Å². The quantitative estimate of drug-likeness (QED) is 0.494. The molecule has 3 heterocycles. The highest BCUT2D eigenvalue weighted by Crippen LogP contribution is 2.34. The maximum absolute atomic E-state index is 12.7. The molecule has 1 saturated heterocycles. The number of carbonyl (C=O) groups excluding carboxylic acids is 1. The molecule has 2 aromatic heterocycles.